The Morgan fingerprint density at radius 1 is 1.07 bits per heavy atom. The molecule has 1 fully saturated rings. The fraction of sp³-hybridized carbons (Fsp3) is 0.350. The Hall–Kier alpha value is -3.00. The standard InChI is InChI=1S/C20H20ClN3O5/c21-15-8-9-17(25)23(13-15)18(20(27)22-10-3-1-2-4-11-22)19(26)14-6-5-7-16(12-14)24(28)29/h5-9,12-13,18H,1-4,10-11H2/t18-/m1/s1. The number of nitro groups is 1. The number of amides is 1. The number of likely N-dealkylation sites (tertiary alicyclic amines) is 1. The number of aromatic nitrogens is 1. The van der Waals surface area contributed by atoms with Crippen molar-refractivity contribution in [2.75, 3.05) is 13.1 Å². The van der Waals surface area contributed by atoms with Crippen LogP contribution in [-0.2, 0) is 4.79 Å². The van der Waals surface area contributed by atoms with Crippen LogP contribution in [0.1, 0.15) is 42.1 Å². The molecule has 0 bridgehead atoms. The number of hydrogen-bond acceptors (Lipinski definition) is 5. The molecule has 1 aromatic heterocycles. The predicted octanol–water partition coefficient (Wildman–Crippen LogP) is 3.24. The molecule has 0 spiro atoms. The van der Waals surface area contributed by atoms with Crippen molar-refractivity contribution in [3.63, 3.8) is 0 Å². The Balaban J connectivity index is 2.07. The van der Waals surface area contributed by atoms with E-state index in [2.05, 4.69) is 0 Å². The van der Waals surface area contributed by atoms with Crippen LogP contribution < -0.4 is 5.56 Å². The minimum absolute atomic E-state index is 0.0146. The van der Waals surface area contributed by atoms with Gasteiger partial charge in [0.15, 0.2) is 11.8 Å². The van der Waals surface area contributed by atoms with Gasteiger partial charge < -0.3 is 4.90 Å². The first-order valence-corrected chi connectivity index (χ1v) is 9.71. The molecule has 1 atom stereocenters. The highest BCUT2D eigenvalue weighted by molar-refractivity contribution is 6.30. The Morgan fingerprint density at radius 3 is 2.41 bits per heavy atom. The quantitative estimate of drug-likeness (QED) is 0.321. The van der Waals surface area contributed by atoms with Gasteiger partial charge in [-0.05, 0) is 18.9 Å². The largest absolute Gasteiger partial charge is 0.340 e. The summed E-state index contributed by atoms with van der Waals surface area (Å²) in [7, 11) is 0. The lowest BCUT2D eigenvalue weighted by Gasteiger charge is -2.26. The number of nitrogens with zero attached hydrogens (tertiary/aromatic N) is 3. The predicted molar refractivity (Wildman–Crippen MR) is 107 cm³/mol. The van der Waals surface area contributed by atoms with Crippen LogP contribution in [0.4, 0.5) is 5.69 Å². The molecule has 9 heteroatoms. The van der Waals surface area contributed by atoms with E-state index in [0.29, 0.717) is 13.1 Å². The zero-order valence-electron chi connectivity index (χ0n) is 15.6. The van der Waals surface area contributed by atoms with E-state index in [9.17, 15) is 24.5 Å². The number of benzene rings is 1. The molecule has 29 heavy (non-hydrogen) atoms. The lowest BCUT2D eigenvalue weighted by Crippen LogP contribution is -2.44. The van der Waals surface area contributed by atoms with Crippen LogP contribution in [0.15, 0.2) is 47.4 Å². The molecule has 1 aliphatic rings. The number of pyridine rings is 1. The fourth-order valence-corrected chi connectivity index (χ4v) is 3.60. The molecule has 8 nitrogen and oxygen atoms in total. The van der Waals surface area contributed by atoms with Crippen LogP contribution in [-0.4, -0.2) is 39.2 Å². The second-order valence-electron chi connectivity index (χ2n) is 6.91. The number of carbonyl (C=O) groups is 2. The topological polar surface area (TPSA) is 103 Å². The monoisotopic (exact) mass is 417 g/mol. The molecule has 0 radical (unpaired) electrons. The fourth-order valence-electron chi connectivity index (χ4n) is 3.43. The van der Waals surface area contributed by atoms with E-state index in [-0.39, 0.29) is 16.3 Å². The molecule has 0 unspecified atom stereocenters. The summed E-state index contributed by atoms with van der Waals surface area (Å²) in [5.41, 5.74) is -0.837. The zero-order chi connectivity index (χ0) is 21.0. The minimum Gasteiger partial charge on any atom is -0.340 e. The summed E-state index contributed by atoms with van der Waals surface area (Å²) in [6.07, 6.45) is 4.86. The number of hydrogen-bond donors (Lipinski definition) is 0. The normalized spacial score (nSPS) is 15.4. The van der Waals surface area contributed by atoms with E-state index in [4.69, 9.17) is 11.6 Å². The molecular formula is C20H20ClN3O5. The summed E-state index contributed by atoms with van der Waals surface area (Å²) in [6.45, 7) is 0.986. The average molecular weight is 418 g/mol. The number of halogens is 1. The van der Waals surface area contributed by atoms with Gasteiger partial charge in [-0.1, -0.05) is 36.6 Å². The van der Waals surface area contributed by atoms with Crippen molar-refractivity contribution in [3.8, 4) is 0 Å². The molecule has 3 rings (SSSR count). The lowest BCUT2D eigenvalue weighted by molar-refractivity contribution is -0.384. The molecule has 152 valence electrons. The smallest absolute Gasteiger partial charge is 0.270 e. The third-order valence-corrected chi connectivity index (χ3v) is 5.15. The van der Waals surface area contributed by atoms with Gasteiger partial charge in [-0.3, -0.25) is 29.1 Å². The Morgan fingerprint density at radius 2 is 1.76 bits per heavy atom. The van der Waals surface area contributed by atoms with Gasteiger partial charge in [0.2, 0.25) is 0 Å². The van der Waals surface area contributed by atoms with Crippen molar-refractivity contribution >= 4 is 29.0 Å². The zero-order valence-corrected chi connectivity index (χ0v) is 16.4. The summed E-state index contributed by atoms with van der Waals surface area (Å²) >= 11 is 6.01. The van der Waals surface area contributed by atoms with Crippen LogP contribution in [0, 0.1) is 10.1 Å². The Bertz CT molecular complexity index is 996. The van der Waals surface area contributed by atoms with Crippen LogP contribution in [0.5, 0.6) is 0 Å². The molecular weight excluding hydrogens is 398 g/mol. The van der Waals surface area contributed by atoms with Gasteiger partial charge in [0.25, 0.3) is 17.2 Å². The summed E-state index contributed by atoms with van der Waals surface area (Å²) in [5, 5.41) is 11.3. The number of nitro benzene ring substituents is 1. The molecule has 2 aromatic rings. The van der Waals surface area contributed by atoms with Crippen molar-refractivity contribution < 1.29 is 14.5 Å². The van der Waals surface area contributed by atoms with Crippen molar-refractivity contribution in [3.05, 3.63) is 73.6 Å². The number of carbonyl (C=O) groups excluding carboxylic acids is 2. The van der Waals surface area contributed by atoms with Crippen LogP contribution in [0.2, 0.25) is 5.02 Å². The first-order valence-electron chi connectivity index (χ1n) is 9.33. The highest BCUT2D eigenvalue weighted by atomic mass is 35.5. The molecule has 2 heterocycles. The second-order valence-corrected chi connectivity index (χ2v) is 7.34. The third-order valence-electron chi connectivity index (χ3n) is 4.92. The minimum atomic E-state index is -1.47. The van der Waals surface area contributed by atoms with Gasteiger partial charge in [-0.15, -0.1) is 0 Å². The van der Waals surface area contributed by atoms with Crippen molar-refractivity contribution in [1.82, 2.24) is 9.47 Å². The first kappa shape index (κ1) is 20.7. The SMILES string of the molecule is O=C(c1cccc([N+](=O)[O-])c1)[C@H](C(=O)N1CCCCCC1)n1cc(Cl)ccc1=O. The van der Waals surface area contributed by atoms with Gasteiger partial charge in [-0.25, -0.2) is 0 Å². The Labute approximate surface area is 171 Å². The maximum atomic E-state index is 13.3. The van der Waals surface area contributed by atoms with E-state index in [1.165, 1.54) is 36.5 Å². The molecule has 0 aliphatic carbocycles. The summed E-state index contributed by atoms with van der Waals surface area (Å²) in [5.74, 6) is -1.19. The summed E-state index contributed by atoms with van der Waals surface area (Å²) < 4.78 is 1.01. The number of Topliss-reactive ketones (excluding diaryl/α,β-unsaturated/α-hetero) is 1. The van der Waals surface area contributed by atoms with E-state index in [1.54, 1.807) is 4.90 Å². The maximum absolute atomic E-state index is 13.3. The van der Waals surface area contributed by atoms with E-state index in [1.807, 2.05) is 0 Å². The highest BCUT2D eigenvalue weighted by Crippen LogP contribution is 2.23. The second kappa shape index (κ2) is 9.00. The van der Waals surface area contributed by atoms with Crippen molar-refractivity contribution in [2.24, 2.45) is 0 Å². The average Bonchev–Trinajstić information content (AvgIpc) is 3.00. The molecule has 1 aliphatic heterocycles. The molecule has 1 aromatic carbocycles. The highest BCUT2D eigenvalue weighted by Gasteiger charge is 2.34. The van der Waals surface area contributed by atoms with E-state index in [0.717, 1.165) is 36.3 Å². The van der Waals surface area contributed by atoms with Gasteiger partial charge in [0.05, 0.1) is 9.95 Å². The molecule has 0 saturated carbocycles. The van der Waals surface area contributed by atoms with Crippen molar-refractivity contribution in [2.45, 2.75) is 31.7 Å². The third kappa shape index (κ3) is 4.71. The number of non-ortho nitro benzene ring substituents is 1. The maximum Gasteiger partial charge on any atom is 0.270 e. The van der Waals surface area contributed by atoms with Gasteiger partial charge in [0, 0.05) is 43.0 Å². The van der Waals surface area contributed by atoms with Crippen LogP contribution >= 0.6 is 11.6 Å². The Kier molecular flexibility index (Phi) is 6.43. The number of ketones is 1. The van der Waals surface area contributed by atoms with E-state index < -0.39 is 28.2 Å². The van der Waals surface area contributed by atoms with Gasteiger partial charge >= 0.3 is 0 Å². The van der Waals surface area contributed by atoms with Gasteiger partial charge in [0.1, 0.15) is 0 Å². The van der Waals surface area contributed by atoms with Crippen molar-refractivity contribution in [1.29, 1.82) is 0 Å². The van der Waals surface area contributed by atoms with Crippen LogP contribution in [0.3, 0.4) is 0 Å². The molecule has 1 amide bonds. The first-order chi connectivity index (χ1) is 13.9. The summed E-state index contributed by atoms with van der Waals surface area (Å²) in [6, 6.07) is 6.24. The van der Waals surface area contributed by atoms with Gasteiger partial charge in [-0.2, -0.15) is 0 Å². The number of rotatable bonds is 5. The van der Waals surface area contributed by atoms with E-state index >= 15 is 0 Å². The van der Waals surface area contributed by atoms with Crippen LogP contribution in [0.25, 0.3) is 0 Å². The lowest BCUT2D eigenvalue weighted by atomic mass is 10.0. The molecule has 1 saturated heterocycles. The summed E-state index contributed by atoms with van der Waals surface area (Å²) in [4.78, 5) is 51.1. The molecule has 0 N–H and O–H groups in total.